The fourth-order valence-electron chi connectivity index (χ4n) is 4.30. The highest BCUT2D eigenvalue weighted by Crippen LogP contribution is 2.28. The smallest absolute Gasteiger partial charge is 0.262 e. The van der Waals surface area contributed by atoms with Gasteiger partial charge in [-0.25, -0.2) is 4.68 Å². The van der Waals surface area contributed by atoms with Crippen LogP contribution in [0.5, 0.6) is 5.75 Å². The van der Waals surface area contributed by atoms with Gasteiger partial charge in [0, 0.05) is 35.5 Å². The van der Waals surface area contributed by atoms with Crippen LogP contribution < -0.4 is 10.1 Å². The zero-order chi connectivity index (χ0) is 27.0. The number of para-hydroxylation sites is 1. The van der Waals surface area contributed by atoms with Gasteiger partial charge in [0.05, 0.1) is 17.5 Å². The summed E-state index contributed by atoms with van der Waals surface area (Å²) in [6.07, 6.45) is 5.27. The maximum atomic E-state index is 12.8. The number of amides is 1. The molecular weight excluding hydrogens is 512 g/mol. The number of benzene rings is 3. The Morgan fingerprint density at radius 1 is 1.13 bits per heavy atom. The molecule has 0 spiro atoms. The molecule has 7 nitrogen and oxygen atoms in total. The minimum absolute atomic E-state index is 0.00442. The monoisotopic (exact) mass is 538 g/mol. The van der Waals surface area contributed by atoms with Crippen LogP contribution in [0.25, 0.3) is 23.0 Å². The summed E-state index contributed by atoms with van der Waals surface area (Å²) in [5.74, 6) is 0.275. The van der Waals surface area contributed by atoms with Crippen LogP contribution in [0.2, 0.25) is 5.02 Å². The molecule has 196 valence electrons. The lowest BCUT2D eigenvalue weighted by Crippen LogP contribution is -2.32. The molecule has 0 aliphatic carbocycles. The van der Waals surface area contributed by atoms with Gasteiger partial charge in [0.1, 0.15) is 24.0 Å². The molecule has 0 bridgehead atoms. The summed E-state index contributed by atoms with van der Waals surface area (Å²) < 4.78 is 13.2. The van der Waals surface area contributed by atoms with Crippen LogP contribution in [0, 0.1) is 11.3 Å². The van der Waals surface area contributed by atoms with Crippen molar-refractivity contribution in [3.05, 3.63) is 107 Å². The highest BCUT2D eigenvalue weighted by molar-refractivity contribution is 6.30. The first-order chi connectivity index (χ1) is 19.1. The van der Waals surface area contributed by atoms with E-state index >= 15 is 0 Å². The van der Waals surface area contributed by atoms with Gasteiger partial charge < -0.3 is 14.8 Å². The fourth-order valence-corrected chi connectivity index (χ4v) is 4.42. The molecule has 39 heavy (non-hydrogen) atoms. The molecule has 1 saturated heterocycles. The molecule has 2 heterocycles. The second-order valence-corrected chi connectivity index (χ2v) is 9.60. The largest absolute Gasteiger partial charge is 0.489 e. The third-order valence-corrected chi connectivity index (χ3v) is 6.64. The Bertz CT molecular complexity index is 1480. The normalized spacial score (nSPS) is 15.1. The van der Waals surface area contributed by atoms with Crippen molar-refractivity contribution in [3.63, 3.8) is 0 Å². The van der Waals surface area contributed by atoms with Crippen molar-refractivity contribution < 1.29 is 14.3 Å². The minimum Gasteiger partial charge on any atom is -0.489 e. The van der Waals surface area contributed by atoms with Crippen LogP contribution >= 0.6 is 11.6 Å². The molecule has 1 amide bonds. The fraction of sp³-hybridized carbons (Fsp3) is 0.194. The predicted octanol–water partition coefficient (Wildman–Crippen LogP) is 5.97. The third kappa shape index (κ3) is 6.74. The van der Waals surface area contributed by atoms with Crippen molar-refractivity contribution >= 4 is 23.6 Å². The van der Waals surface area contributed by atoms with E-state index in [2.05, 4.69) is 5.32 Å². The zero-order valence-corrected chi connectivity index (χ0v) is 22.0. The van der Waals surface area contributed by atoms with E-state index in [0.29, 0.717) is 41.8 Å². The SMILES string of the molecule is N#CC(=Cc1cn(-c2ccccc2)nc1-c1ccc(OCc2ccc(Cl)cc2)cc1)C(=O)NCC1CCCO1. The van der Waals surface area contributed by atoms with E-state index in [0.717, 1.165) is 29.7 Å². The molecular formula is C31H27ClN4O3. The number of ether oxygens (including phenoxy) is 2. The van der Waals surface area contributed by atoms with E-state index in [1.807, 2.05) is 91.1 Å². The van der Waals surface area contributed by atoms with E-state index in [9.17, 15) is 10.1 Å². The van der Waals surface area contributed by atoms with Crippen LogP contribution in [0.4, 0.5) is 0 Å². The molecule has 1 unspecified atom stereocenters. The second-order valence-electron chi connectivity index (χ2n) is 9.17. The van der Waals surface area contributed by atoms with Crippen molar-refractivity contribution in [2.45, 2.75) is 25.6 Å². The van der Waals surface area contributed by atoms with Crippen molar-refractivity contribution in [2.24, 2.45) is 0 Å². The Morgan fingerprint density at radius 2 is 1.90 bits per heavy atom. The number of nitrogens with zero attached hydrogens (tertiary/aromatic N) is 3. The summed E-state index contributed by atoms with van der Waals surface area (Å²) in [5, 5.41) is 18.1. The van der Waals surface area contributed by atoms with Crippen molar-refractivity contribution in [2.75, 3.05) is 13.2 Å². The molecule has 0 radical (unpaired) electrons. The summed E-state index contributed by atoms with van der Waals surface area (Å²) in [6.45, 7) is 1.50. The Kier molecular flexibility index (Phi) is 8.37. The number of halogens is 1. The van der Waals surface area contributed by atoms with Gasteiger partial charge in [-0.1, -0.05) is 41.9 Å². The van der Waals surface area contributed by atoms with Gasteiger partial charge in [0.15, 0.2) is 0 Å². The Labute approximate surface area is 232 Å². The van der Waals surface area contributed by atoms with E-state index in [1.54, 1.807) is 10.8 Å². The zero-order valence-electron chi connectivity index (χ0n) is 21.2. The molecule has 8 heteroatoms. The lowest BCUT2D eigenvalue weighted by Gasteiger charge is -2.10. The van der Waals surface area contributed by atoms with Gasteiger partial charge in [-0.05, 0) is 73.0 Å². The maximum absolute atomic E-state index is 12.8. The third-order valence-electron chi connectivity index (χ3n) is 6.39. The first-order valence-electron chi connectivity index (χ1n) is 12.7. The average molecular weight is 539 g/mol. The molecule has 1 fully saturated rings. The Morgan fingerprint density at radius 3 is 2.59 bits per heavy atom. The van der Waals surface area contributed by atoms with Crippen LogP contribution in [-0.4, -0.2) is 34.9 Å². The van der Waals surface area contributed by atoms with Crippen LogP contribution in [0.3, 0.4) is 0 Å². The number of carbonyl (C=O) groups excluding carboxylic acids is 1. The second kappa shape index (κ2) is 12.4. The van der Waals surface area contributed by atoms with E-state index in [1.165, 1.54) is 0 Å². The van der Waals surface area contributed by atoms with Gasteiger partial charge in [-0.15, -0.1) is 0 Å². The van der Waals surface area contributed by atoms with E-state index < -0.39 is 5.91 Å². The summed E-state index contributed by atoms with van der Waals surface area (Å²) in [5.41, 5.74) is 4.00. The van der Waals surface area contributed by atoms with Crippen molar-refractivity contribution in [1.82, 2.24) is 15.1 Å². The number of aromatic nitrogens is 2. The molecule has 1 aliphatic rings. The average Bonchev–Trinajstić information content (AvgIpc) is 3.65. The van der Waals surface area contributed by atoms with Gasteiger partial charge in [0.2, 0.25) is 0 Å². The number of carbonyl (C=O) groups is 1. The van der Waals surface area contributed by atoms with Crippen LogP contribution in [0.15, 0.2) is 90.6 Å². The molecule has 3 aromatic carbocycles. The van der Waals surface area contributed by atoms with Crippen molar-refractivity contribution in [3.8, 4) is 28.8 Å². The lowest BCUT2D eigenvalue weighted by atomic mass is 10.1. The first-order valence-corrected chi connectivity index (χ1v) is 13.1. The molecule has 1 aliphatic heterocycles. The molecule has 1 aromatic heterocycles. The standard InChI is InChI=1S/C31H27ClN4O3/c32-26-12-8-22(9-13-26)21-39-28-14-10-23(11-15-28)30-25(20-36(35-30)27-5-2-1-3-6-27)17-24(18-33)31(37)34-19-29-7-4-16-38-29/h1-3,5-6,8-15,17,20,29H,4,7,16,19,21H2,(H,34,37). The topological polar surface area (TPSA) is 89.2 Å². The molecule has 4 aromatic rings. The lowest BCUT2D eigenvalue weighted by molar-refractivity contribution is -0.117. The highest BCUT2D eigenvalue weighted by atomic mass is 35.5. The molecule has 0 saturated carbocycles. The summed E-state index contributed by atoms with van der Waals surface area (Å²) in [4.78, 5) is 12.8. The van der Waals surface area contributed by atoms with Gasteiger partial charge in [-0.3, -0.25) is 4.79 Å². The van der Waals surface area contributed by atoms with Gasteiger partial charge in [-0.2, -0.15) is 10.4 Å². The number of nitriles is 1. The summed E-state index contributed by atoms with van der Waals surface area (Å²) in [7, 11) is 0. The minimum atomic E-state index is -0.433. The Balaban J connectivity index is 1.39. The number of nitrogens with one attached hydrogen (secondary N) is 1. The number of rotatable bonds is 9. The van der Waals surface area contributed by atoms with Gasteiger partial charge in [0.25, 0.3) is 5.91 Å². The molecule has 1 N–H and O–H groups in total. The predicted molar refractivity (Wildman–Crippen MR) is 150 cm³/mol. The van der Waals surface area contributed by atoms with Gasteiger partial charge >= 0.3 is 0 Å². The highest BCUT2D eigenvalue weighted by Gasteiger charge is 2.19. The summed E-state index contributed by atoms with van der Waals surface area (Å²) >= 11 is 5.96. The Hall–Kier alpha value is -4.38. The van der Waals surface area contributed by atoms with Crippen LogP contribution in [-0.2, 0) is 16.1 Å². The van der Waals surface area contributed by atoms with Crippen molar-refractivity contribution in [1.29, 1.82) is 5.26 Å². The van der Waals surface area contributed by atoms with Crippen LogP contribution in [0.1, 0.15) is 24.0 Å². The summed E-state index contributed by atoms with van der Waals surface area (Å²) in [6, 6.07) is 26.8. The quantitative estimate of drug-likeness (QED) is 0.209. The molecule has 1 atom stereocenters. The molecule has 5 rings (SSSR count). The number of hydrogen-bond acceptors (Lipinski definition) is 5. The first kappa shape index (κ1) is 26.2. The van der Waals surface area contributed by atoms with E-state index in [-0.39, 0.29) is 11.7 Å². The van der Waals surface area contributed by atoms with E-state index in [4.69, 9.17) is 26.2 Å². The maximum Gasteiger partial charge on any atom is 0.262 e. The number of hydrogen-bond donors (Lipinski definition) is 1.